The van der Waals surface area contributed by atoms with E-state index < -0.39 is 0 Å². The summed E-state index contributed by atoms with van der Waals surface area (Å²) in [5, 5.41) is 12.4. The number of anilines is 1. The topological polar surface area (TPSA) is 63.6 Å². The molecule has 0 saturated carbocycles. The van der Waals surface area contributed by atoms with Gasteiger partial charge in [0, 0.05) is 6.07 Å². The highest BCUT2D eigenvalue weighted by atomic mass is 16.5. The summed E-state index contributed by atoms with van der Waals surface area (Å²) < 4.78 is 10.5. The maximum atomic E-state index is 9.17. The minimum absolute atomic E-state index is 0.155. The van der Waals surface area contributed by atoms with Gasteiger partial charge >= 0.3 is 0 Å². The van der Waals surface area contributed by atoms with Crippen LogP contribution >= 0.6 is 0 Å². The number of nitrogens with one attached hydrogen (secondary N) is 1. The van der Waals surface area contributed by atoms with E-state index in [1.54, 1.807) is 26.4 Å². The van der Waals surface area contributed by atoms with Crippen molar-refractivity contribution in [3.05, 3.63) is 42.2 Å². The Labute approximate surface area is 111 Å². The smallest absolute Gasteiger partial charge is 0.142 e. The Morgan fingerprint density at radius 1 is 1.16 bits per heavy atom. The van der Waals surface area contributed by atoms with Gasteiger partial charge in [-0.2, -0.15) is 0 Å². The summed E-state index contributed by atoms with van der Waals surface area (Å²) in [6.07, 6.45) is 1.42. The van der Waals surface area contributed by atoms with Gasteiger partial charge in [0.25, 0.3) is 0 Å². The monoisotopic (exact) mass is 260 g/mol. The molecule has 2 N–H and O–H groups in total. The maximum Gasteiger partial charge on any atom is 0.142 e. The third-order valence-electron chi connectivity index (χ3n) is 2.68. The number of ether oxygens (including phenoxy) is 2. The van der Waals surface area contributed by atoms with Crippen molar-refractivity contribution in [3.63, 3.8) is 0 Å². The number of benzene rings is 1. The van der Waals surface area contributed by atoms with Gasteiger partial charge in [0.1, 0.15) is 17.2 Å². The first-order valence-electron chi connectivity index (χ1n) is 5.82. The Kier molecular flexibility index (Phi) is 4.07. The van der Waals surface area contributed by atoms with Gasteiger partial charge in [-0.05, 0) is 24.3 Å². The van der Waals surface area contributed by atoms with E-state index in [1.807, 2.05) is 18.2 Å². The van der Waals surface area contributed by atoms with Gasteiger partial charge in [0.15, 0.2) is 0 Å². The molecule has 5 nitrogen and oxygen atoms in total. The number of pyridine rings is 1. The molecule has 19 heavy (non-hydrogen) atoms. The zero-order valence-electron chi connectivity index (χ0n) is 10.9. The molecule has 5 heteroatoms. The van der Waals surface area contributed by atoms with Crippen molar-refractivity contribution in [2.45, 2.75) is 6.54 Å². The van der Waals surface area contributed by atoms with E-state index >= 15 is 0 Å². The number of nitrogens with zero attached hydrogens (tertiary/aromatic N) is 1. The predicted octanol–water partition coefficient (Wildman–Crippen LogP) is 2.42. The molecule has 1 aromatic carbocycles. The van der Waals surface area contributed by atoms with Crippen LogP contribution < -0.4 is 14.8 Å². The zero-order chi connectivity index (χ0) is 13.7. The Balaban J connectivity index is 2.11. The van der Waals surface area contributed by atoms with Gasteiger partial charge in [-0.1, -0.05) is 0 Å². The Morgan fingerprint density at radius 3 is 2.63 bits per heavy atom. The summed E-state index contributed by atoms with van der Waals surface area (Å²) >= 11 is 0. The molecular formula is C14H16N2O3. The van der Waals surface area contributed by atoms with Crippen LogP contribution in [0.25, 0.3) is 0 Å². The molecule has 0 fully saturated rings. The lowest BCUT2D eigenvalue weighted by Gasteiger charge is -2.12. The fourth-order valence-electron chi connectivity index (χ4n) is 1.66. The molecule has 100 valence electrons. The molecule has 0 saturated heterocycles. The van der Waals surface area contributed by atoms with Crippen LogP contribution in [0.5, 0.6) is 17.2 Å². The normalized spacial score (nSPS) is 10.0. The van der Waals surface area contributed by atoms with Crippen LogP contribution in [-0.2, 0) is 6.54 Å². The number of rotatable bonds is 5. The van der Waals surface area contributed by atoms with Crippen LogP contribution in [0, 0.1) is 0 Å². The van der Waals surface area contributed by atoms with Gasteiger partial charge in [-0.15, -0.1) is 0 Å². The van der Waals surface area contributed by atoms with Crippen molar-refractivity contribution in [1.29, 1.82) is 0 Å². The highest BCUT2D eigenvalue weighted by molar-refractivity contribution is 5.59. The van der Waals surface area contributed by atoms with Crippen LogP contribution in [-0.4, -0.2) is 24.3 Å². The molecule has 1 aromatic heterocycles. The van der Waals surface area contributed by atoms with Crippen molar-refractivity contribution in [2.24, 2.45) is 0 Å². The second kappa shape index (κ2) is 5.95. The van der Waals surface area contributed by atoms with E-state index in [0.29, 0.717) is 6.54 Å². The third-order valence-corrected chi connectivity index (χ3v) is 2.68. The van der Waals surface area contributed by atoms with E-state index in [1.165, 1.54) is 6.20 Å². The molecule has 0 aliphatic carbocycles. The minimum atomic E-state index is 0.155. The Bertz CT molecular complexity index is 541. The van der Waals surface area contributed by atoms with Crippen LogP contribution in [0.3, 0.4) is 0 Å². The molecular weight excluding hydrogens is 244 g/mol. The average Bonchev–Trinajstić information content (AvgIpc) is 2.46. The maximum absolute atomic E-state index is 9.17. The minimum Gasteiger partial charge on any atom is -0.506 e. The van der Waals surface area contributed by atoms with Crippen LogP contribution in [0.2, 0.25) is 0 Å². The molecule has 2 aromatic rings. The molecule has 0 atom stereocenters. The SMILES string of the molecule is COc1ccc(OC)c(NCc2ccc(O)cn2)c1. The zero-order valence-corrected chi connectivity index (χ0v) is 10.9. The van der Waals surface area contributed by atoms with E-state index in [2.05, 4.69) is 10.3 Å². The van der Waals surface area contributed by atoms with Gasteiger partial charge in [0.2, 0.25) is 0 Å². The summed E-state index contributed by atoms with van der Waals surface area (Å²) in [5.74, 6) is 1.64. The van der Waals surface area contributed by atoms with Crippen LogP contribution in [0.1, 0.15) is 5.69 Å². The lowest BCUT2D eigenvalue weighted by molar-refractivity contribution is 0.404. The van der Waals surface area contributed by atoms with E-state index in [0.717, 1.165) is 22.9 Å². The summed E-state index contributed by atoms with van der Waals surface area (Å²) in [4.78, 5) is 4.11. The molecule has 0 aliphatic heterocycles. The third kappa shape index (κ3) is 3.28. The largest absolute Gasteiger partial charge is 0.506 e. The second-order valence-electron chi connectivity index (χ2n) is 3.93. The summed E-state index contributed by atoms with van der Waals surface area (Å²) in [6.45, 7) is 0.532. The fourth-order valence-corrected chi connectivity index (χ4v) is 1.66. The van der Waals surface area contributed by atoms with Crippen molar-refractivity contribution < 1.29 is 14.6 Å². The van der Waals surface area contributed by atoms with Gasteiger partial charge in [0.05, 0.1) is 38.3 Å². The van der Waals surface area contributed by atoms with Crippen LogP contribution in [0.4, 0.5) is 5.69 Å². The molecule has 0 aliphatic rings. The van der Waals surface area contributed by atoms with Gasteiger partial charge < -0.3 is 19.9 Å². The quantitative estimate of drug-likeness (QED) is 0.864. The first-order valence-corrected chi connectivity index (χ1v) is 5.82. The van der Waals surface area contributed by atoms with Crippen molar-refractivity contribution in [3.8, 4) is 17.2 Å². The molecule has 1 heterocycles. The van der Waals surface area contributed by atoms with Crippen molar-refractivity contribution >= 4 is 5.69 Å². The molecule has 0 bridgehead atoms. The molecule has 0 amide bonds. The lowest BCUT2D eigenvalue weighted by atomic mass is 10.2. The molecule has 0 unspecified atom stereocenters. The standard InChI is InChI=1S/C14H16N2O3/c1-18-12-5-6-14(19-2)13(7-12)16-8-10-3-4-11(17)9-15-10/h3-7,9,16-17H,8H2,1-2H3. The second-order valence-corrected chi connectivity index (χ2v) is 3.93. The number of hydrogen-bond donors (Lipinski definition) is 2. The molecule has 2 rings (SSSR count). The number of aromatic nitrogens is 1. The highest BCUT2D eigenvalue weighted by Crippen LogP contribution is 2.29. The fraction of sp³-hybridized carbons (Fsp3) is 0.214. The van der Waals surface area contributed by atoms with E-state index in [9.17, 15) is 5.11 Å². The first kappa shape index (κ1) is 13.0. The van der Waals surface area contributed by atoms with E-state index in [-0.39, 0.29) is 5.75 Å². The first-order chi connectivity index (χ1) is 9.22. The van der Waals surface area contributed by atoms with Crippen LogP contribution in [0.15, 0.2) is 36.5 Å². The lowest BCUT2D eigenvalue weighted by Crippen LogP contribution is -2.03. The Morgan fingerprint density at radius 2 is 2.00 bits per heavy atom. The van der Waals surface area contributed by atoms with Gasteiger partial charge in [-0.25, -0.2) is 0 Å². The predicted molar refractivity (Wildman–Crippen MR) is 72.8 cm³/mol. The van der Waals surface area contributed by atoms with Crippen molar-refractivity contribution in [2.75, 3.05) is 19.5 Å². The summed E-state index contributed by atoms with van der Waals surface area (Å²) in [6, 6.07) is 8.90. The summed E-state index contributed by atoms with van der Waals surface area (Å²) in [5.41, 5.74) is 1.65. The number of aromatic hydroxyl groups is 1. The number of hydrogen-bond acceptors (Lipinski definition) is 5. The van der Waals surface area contributed by atoms with Crippen molar-refractivity contribution in [1.82, 2.24) is 4.98 Å². The Hall–Kier alpha value is -2.43. The molecule has 0 spiro atoms. The van der Waals surface area contributed by atoms with E-state index in [4.69, 9.17) is 9.47 Å². The summed E-state index contributed by atoms with van der Waals surface area (Å²) in [7, 11) is 3.24. The van der Waals surface area contributed by atoms with Gasteiger partial charge in [-0.3, -0.25) is 4.98 Å². The number of methoxy groups -OCH3 is 2. The highest BCUT2D eigenvalue weighted by Gasteiger charge is 2.05. The average molecular weight is 260 g/mol. The molecule has 0 radical (unpaired) electrons.